The number of aromatic nitrogens is 5. The number of carbonyl (C=O) groups is 1. The number of hydrogen-bond acceptors (Lipinski definition) is 5. The van der Waals surface area contributed by atoms with Crippen molar-refractivity contribution in [1.29, 1.82) is 0 Å². The molecular weight excluding hydrogens is 306 g/mol. The van der Waals surface area contributed by atoms with Gasteiger partial charge in [0.15, 0.2) is 5.82 Å². The standard InChI is InChI=1S/C14H10F2N6O/c1-22-14(19-20-21-22)18-13(23)10-6-7-17-12(11(10)16)8-2-4-9(15)5-3-8/h2-7H,1H3,(H,18,19,21,23). The van der Waals surface area contributed by atoms with E-state index in [-0.39, 0.29) is 17.2 Å². The Morgan fingerprint density at radius 3 is 2.57 bits per heavy atom. The van der Waals surface area contributed by atoms with Crippen molar-refractivity contribution in [3.8, 4) is 11.3 Å². The lowest BCUT2D eigenvalue weighted by molar-refractivity contribution is 0.102. The Morgan fingerprint density at radius 1 is 1.17 bits per heavy atom. The number of aryl methyl sites for hydroxylation is 1. The number of nitrogens with one attached hydrogen (secondary N) is 1. The highest BCUT2D eigenvalue weighted by atomic mass is 19.1. The van der Waals surface area contributed by atoms with Gasteiger partial charge in [-0.05, 0) is 40.8 Å². The molecule has 2 aromatic heterocycles. The minimum Gasteiger partial charge on any atom is -0.289 e. The Kier molecular flexibility index (Phi) is 3.75. The van der Waals surface area contributed by atoms with Crippen LogP contribution in [0, 0.1) is 11.6 Å². The number of tetrazole rings is 1. The third-order valence-electron chi connectivity index (χ3n) is 3.10. The quantitative estimate of drug-likeness (QED) is 0.796. The van der Waals surface area contributed by atoms with Crippen LogP contribution in [-0.4, -0.2) is 31.1 Å². The fraction of sp³-hybridized carbons (Fsp3) is 0.0714. The molecule has 1 aromatic carbocycles. The second-order valence-corrected chi connectivity index (χ2v) is 4.61. The van der Waals surface area contributed by atoms with Gasteiger partial charge >= 0.3 is 0 Å². The van der Waals surface area contributed by atoms with E-state index in [1.807, 2.05) is 0 Å². The lowest BCUT2D eigenvalue weighted by atomic mass is 10.1. The summed E-state index contributed by atoms with van der Waals surface area (Å²) in [4.78, 5) is 16.1. The van der Waals surface area contributed by atoms with E-state index >= 15 is 0 Å². The van der Waals surface area contributed by atoms with Gasteiger partial charge in [0.2, 0.25) is 5.95 Å². The smallest absolute Gasteiger partial charge is 0.261 e. The first-order chi connectivity index (χ1) is 11.1. The lowest BCUT2D eigenvalue weighted by Gasteiger charge is -2.08. The van der Waals surface area contributed by atoms with Gasteiger partial charge in [0, 0.05) is 18.8 Å². The molecule has 1 amide bonds. The van der Waals surface area contributed by atoms with Crippen LogP contribution in [-0.2, 0) is 7.05 Å². The molecule has 2 heterocycles. The minimum absolute atomic E-state index is 0.0475. The van der Waals surface area contributed by atoms with E-state index in [1.165, 1.54) is 48.3 Å². The maximum Gasteiger partial charge on any atom is 0.261 e. The highest BCUT2D eigenvalue weighted by Crippen LogP contribution is 2.23. The van der Waals surface area contributed by atoms with Crippen LogP contribution >= 0.6 is 0 Å². The van der Waals surface area contributed by atoms with Crippen LogP contribution in [0.5, 0.6) is 0 Å². The first kappa shape index (κ1) is 14.7. The van der Waals surface area contributed by atoms with Gasteiger partial charge in [-0.15, -0.1) is 0 Å². The molecule has 116 valence electrons. The summed E-state index contributed by atoms with van der Waals surface area (Å²) >= 11 is 0. The Bertz CT molecular complexity index is 862. The number of nitrogens with zero attached hydrogens (tertiary/aromatic N) is 5. The van der Waals surface area contributed by atoms with E-state index in [9.17, 15) is 13.6 Å². The molecule has 0 atom stereocenters. The molecule has 0 aliphatic rings. The highest BCUT2D eigenvalue weighted by molar-refractivity contribution is 6.04. The topological polar surface area (TPSA) is 85.6 Å². The second-order valence-electron chi connectivity index (χ2n) is 4.61. The van der Waals surface area contributed by atoms with Crippen molar-refractivity contribution in [3.63, 3.8) is 0 Å². The summed E-state index contributed by atoms with van der Waals surface area (Å²) in [5, 5.41) is 12.9. The molecule has 0 saturated heterocycles. The largest absolute Gasteiger partial charge is 0.289 e. The van der Waals surface area contributed by atoms with Crippen molar-refractivity contribution >= 4 is 11.9 Å². The summed E-state index contributed by atoms with van der Waals surface area (Å²) in [5.41, 5.74) is 0.0925. The maximum atomic E-state index is 14.6. The van der Waals surface area contributed by atoms with E-state index in [1.54, 1.807) is 0 Å². The van der Waals surface area contributed by atoms with Crippen molar-refractivity contribution < 1.29 is 13.6 Å². The fourth-order valence-corrected chi connectivity index (χ4v) is 1.93. The number of benzene rings is 1. The summed E-state index contributed by atoms with van der Waals surface area (Å²) in [6.07, 6.45) is 1.30. The number of amides is 1. The third-order valence-corrected chi connectivity index (χ3v) is 3.10. The van der Waals surface area contributed by atoms with Gasteiger partial charge in [-0.2, -0.15) is 0 Å². The van der Waals surface area contributed by atoms with Crippen molar-refractivity contribution in [2.45, 2.75) is 0 Å². The van der Waals surface area contributed by atoms with E-state index in [4.69, 9.17) is 0 Å². The third kappa shape index (κ3) is 2.89. The van der Waals surface area contributed by atoms with Gasteiger partial charge in [0.05, 0.1) is 5.56 Å². The molecule has 0 aliphatic carbocycles. The van der Waals surface area contributed by atoms with Crippen LogP contribution in [0.2, 0.25) is 0 Å². The van der Waals surface area contributed by atoms with Gasteiger partial charge in [0.1, 0.15) is 11.5 Å². The zero-order valence-electron chi connectivity index (χ0n) is 11.9. The summed E-state index contributed by atoms with van der Waals surface area (Å²) in [7, 11) is 1.53. The van der Waals surface area contributed by atoms with Crippen LogP contribution in [0.4, 0.5) is 14.7 Å². The molecule has 23 heavy (non-hydrogen) atoms. The number of carbonyl (C=O) groups excluding carboxylic acids is 1. The number of hydrogen-bond donors (Lipinski definition) is 1. The summed E-state index contributed by atoms with van der Waals surface area (Å²) in [6, 6.07) is 6.38. The molecule has 7 nitrogen and oxygen atoms in total. The van der Waals surface area contributed by atoms with Crippen molar-refractivity contribution in [1.82, 2.24) is 25.2 Å². The van der Waals surface area contributed by atoms with Crippen molar-refractivity contribution in [2.75, 3.05) is 5.32 Å². The zero-order valence-corrected chi connectivity index (χ0v) is 11.9. The predicted octanol–water partition coefficient (Wildman–Crippen LogP) is 1.80. The van der Waals surface area contributed by atoms with Crippen LogP contribution in [0.3, 0.4) is 0 Å². The maximum absolute atomic E-state index is 14.6. The van der Waals surface area contributed by atoms with Gasteiger partial charge in [-0.1, -0.05) is 5.10 Å². The van der Waals surface area contributed by atoms with Gasteiger partial charge in [-0.25, -0.2) is 13.5 Å². The Hall–Kier alpha value is -3.23. The van der Waals surface area contributed by atoms with E-state index < -0.39 is 17.5 Å². The van der Waals surface area contributed by atoms with Gasteiger partial charge in [0.25, 0.3) is 5.91 Å². The molecule has 0 spiro atoms. The van der Waals surface area contributed by atoms with Gasteiger partial charge < -0.3 is 0 Å². The molecule has 3 rings (SSSR count). The Labute approximate surface area is 129 Å². The van der Waals surface area contributed by atoms with E-state index in [0.717, 1.165) is 0 Å². The van der Waals surface area contributed by atoms with Crippen LogP contribution in [0.15, 0.2) is 36.5 Å². The monoisotopic (exact) mass is 316 g/mol. The molecule has 0 aliphatic heterocycles. The minimum atomic E-state index is -0.813. The Balaban J connectivity index is 1.95. The molecule has 0 saturated carbocycles. The van der Waals surface area contributed by atoms with E-state index in [2.05, 4.69) is 25.8 Å². The molecule has 0 fully saturated rings. The average molecular weight is 316 g/mol. The fourth-order valence-electron chi connectivity index (χ4n) is 1.93. The first-order valence-corrected chi connectivity index (χ1v) is 6.50. The number of halogens is 2. The predicted molar refractivity (Wildman–Crippen MR) is 76.3 cm³/mol. The van der Waals surface area contributed by atoms with Crippen LogP contribution in [0.1, 0.15) is 10.4 Å². The SMILES string of the molecule is Cn1nnnc1NC(=O)c1ccnc(-c2ccc(F)cc2)c1F. The van der Waals surface area contributed by atoms with Crippen molar-refractivity contribution in [2.24, 2.45) is 7.05 Å². The zero-order chi connectivity index (χ0) is 16.4. The van der Waals surface area contributed by atoms with E-state index in [0.29, 0.717) is 5.56 Å². The van der Waals surface area contributed by atoms with Crippen LogP contribution in [0.25, 0.3) is 11.3 Å². The number of pyridine rings is 1. The summed E-state index contributed by atoms with van der Waals surface area (Å²) in [6.45, 7) is 0. The summed E-state index contributed by atoms with van der Waals surface area (Å²) in [5.74, 6) is -1.90. The molecule has 0 radical (unpaired) electrons. The molecule has 0 unspecified atom stereocenters. The van der Waals surface area contributed by atoms with Crippen molar-refractivity contribution in [3.05, 3.63) is 53.7 Å². The molecular formula is C14H10F2N6O. The Morgan fingerprint density at radius 2 is 1.91 bits per heavy atom. The molecule has 1 N–H and O–H groups in total. The molecule has 3 aromatic rings. The lowest BCUT2D eigenvalue weighted by Crippen LogP contribution is -2.17. The van der Waals surface area contributed by atoms with Gasteiger partial charge in [-0.3, -0.25) is 15.1 Å². The highest BCUT2D eigenvalue weighted by Gasteiger charge is 2.18. The first-order valence-electron chi connectivity index (χ1n) is 6.50. The normalized spacial score (nSPS) is 10.6. The average Bonchev–Trinajstić information content (AvgIpc) is 2.93. The second kappa shape index (κ2) is 5.87. The molecule has 0 bridgehead atoms. The number of rotatable bonds is 3. The van der Waals surface area contributed by atoms with Crippen LogP contribution < -0.4 is 5.32 Å². The molecule has 9 heteroatoms. The number of anilines is 1. The summed E-state index contributed by atoms with van der Waals surface area (Å²) < 4.78 is 28.8.